The number of methoxy groups -OCH3 is 1. The summed E-state index contributed by atoms with van der Waals surface area (Å²) in [6, 6.07) is 13.5. The lowest BCUT2D eigenvalue weighted by atomic mass is 10.0. The number of hydrogen-bond donors (Lipinski definition) is 0. The van der Waals surface area contributed by atoms with E-state index in [0.717, 1.165) is 0 Å². The summed E-state index contributed by atoms with van der Waals surface area (Å²) in [6.07, 6.45) is 0. The molecule has 0 N–H and O–H groups in total. The van der Waals surface area contributed by atoms with E-state index in [1.807, 2.05) is 0 Å². The van der Waals surface area contributed by atoms with Crippen LogP contribution in [0.2, 0.25) is 0 Å². The molecule has 110 valence electrons. The zero-order chi connectivity index (χ0) is 15.7. The molecular formula is C18H14O4. The second-order valence-electron chi connectivity index (χ2n) is 4.94. The smallest absolute Gasteiger partial charge is 0.193 e. The van der Waals surface area contributed by atoms with Gasteiger partial charge in [0.2, 0.25) is 0 Å². The lowest BCUT2D eigenvalue weighted by Gasteiger charge is -2.07. The van der Waals surface area contributed by atoms with Gasteiger partial charge in [0.15, 0.2) is 11.2 Å². The van der Waals surface area contributed by atoms with Gasteiger partial charge in [0.25, 0.3) is 0 Å². The number of fused-ring (bicyclic) bond motifs is 1. The Hall–Kier alpha value is -2.88. The van der Waals surface area contributed by atoms with E-state index in [9.17, 15) is 9.59 Å². The number of rotatable bonds is 3. The Kier molecular flexibility index (Phi) is 3.51. The normalized spacial score (nSPS) is 10.6. The predicted octanol–water partition coefficient (Wildman–Crippen LogP) is 3.67. The van der Waals surface area contributed by atoms with E-state index < -0.39 is 0 Å². The molecule has 2 aromatic carbocycles. The van der Waals surface area contributed by atoms with Crippen molar-refractivity contribution in [2.75, 3.05) is 7.11 Å². The van der Waals surface area contributed by atoms with Crippen LogP contribution in [-0.2, 0) is 0 Å². The van der Waals surface area contributed by atoms with Gasteiger partial charge in [-0.25, -0.2) is 0 Å². The van der Waals surface area contributed by atoms with Crippen molar-refractivity contribution >= 4 is 16.8 Å². The van der Waals surface area contributed by atoms with Crippen LogP contribution in [0.15, 0.2) is 57.7 Å². The Morgan fingerprint density at radius 2 is 1.86 bits per heavy atom. The third-order valence-corrected chi connectivity index (χ3v) is 3.51. The number of ether oxygens (including phenoxy) is 1. The Labute approximate surface area is 127 Å². The summed E-state index contributed by atoms with van der Waals surface area (Å²) in [6.45, 7) is 1.49. The fourth-order valence-electron chi connectivity index (χ4n) is 2.40. The molecule has 3 aromatic rings. The number of hydrogen-bond acceptors (Lipinski definition) is 4. The van der Waals surface area contributed by atoms with Crippen LogP contribution in [0.3, 0.4) is 0 Å². The predicted molar refractivity (Wildman–Crippen MR) is 84.5 cm³/mol. The van der Waals surface area contributed by atoms with Gasteiger partial charge in [-0.2, -0.15) is 0 Å². The molecule has 1 aromatic heterocycles. The largest absolute Gasteiger partial charge is 0.497 e. The van der Waals surface area contributed by atoms with Crippen molar-refractivity contribution in [2.45, 2.75) is 6.92 Å². The fraction of sp³-hybridized carbons (Fsp3) is 0.111. The number of ketones is 1. The highest BCUT2D eigenvalue weighted by Crippen LogP contribution is 2.27. The molecule has 0 bridgehead atoms. The molecule has 1 heterocycles. The summed E-state index contributed by atoms with van der Waals surface area (Å²) in [5.41, 5.74) is 1.43. The molecule has 0 radical (unpaired) electrons. The van der Waals surface area contributed by atoms with E-state index in [0.29, 0.717) is 33.6 Å². The van der Waals surface area contributed by atoms with Crippen LogP contribution in [0.1, 0.15) is 17.3 Å². The minimum absolute atomic E-state index is 0.0759. The highest BCUT2D eigenvalue weighted by Gasteiger charge is 2.13. The van der Waals surface area contributed by atoms with Gasteiger partial charge in [0.1, 0.15) is 17.1 Å². The van der Waals surface area contributed by atoms with Crippen molar-refractivity contribution in [3.05, 3.63) is 64.3 Å². The molecule has 0 aliphatic carbocycles. The Morgan fingerprint density at radius 1 is 1.09 bits per heavy atom. The van der Waals surface area contributed by atoms with Gasteiger partial charge in [-0.1, -0.05) is 24.3 Å². The fourth-order valence-corrected chi connectivity index (χ4v) is 2.40. The van der Waals surface area contributed by atoms with E-state index in [2.05, 4.69) is 0 Å². The molecule has 4 nitrogen and oxygen atoms in total. The maximum Gasteiger partial charge on any atom is 0.193 e. The molecule has 0 spiro atoms. The molecule has 4 heteroatoms. The zero-order valence-corrected chi connectivity index (χ0v) is 12.3. The molecule has 0 saturated carbocycles. The number of carbonyl (C=O) groups excluding carboxylic acids is 1. The van der Waals surface area contributed by atoms with Gasteiger partial charge < -0.3 is 9.15 Å². The standard InChI is InChI=1S/C18H14O4/c1-11(19)13-5-3-4-6-14(13)18-10-16(20)15-9-12(21-2)7-8-17(15)22-18/h3-10H,1-2H3. The number of benzene rings is 2. The molecule has 0 aliphatic rings. The van der Waals surface area contributed by atoms with Gasteiger partial charge in [0.05, 0.1) is 12.5 Å². The van der Waals surface area contributed by atoms with Crippen LogP contribution in [0.4, 0.5) is 0 Å². The van der Waals surface area contributed by atoms with E-state index in [1.54, 1.807) is 49.6 Å². The average molecular weight is 294 g/mol. The van der Waals surface area contributed by atoms with Crippen LogP contribution in [-0.4, -0.2) is 12.9 Å². The first-order chi connectivity index (χ1) is 10.6. The van der Waals surface area contributed by atoms with Crippen molar-refractivity contribution in [1.82, 2.24) is 0 Å². The van der Waals surface area contributed by atoms with Crippen LogP contribution in [0.5, 0.6) is 5.75 Å². The monoisotopic (exact) mass is 294 g/mol. The SMILES string of the molecule is COc1ccc2oc(-c3ccccc3C(C)=O)cc(=O)c2c1. The molecule has 0 fully saturated rings. The molecule has 0 aliphatic heterocycles. The van der Waals surface area contributed by atoms with Gasteiger partial charge in [-0.15, -0.1) is 0 Å². The third-order valence-electron chi connectivity index (χ3n) is 3.51. The Bertz CT molecular complexity index is 922. The lowest BCUT2D eigenvalue weighted by Crippen LogP contribution is -2.02. The van der Waals surface area contributed by atoms with Crippen molar-refractivity contribution in [3.63, 3.8) is 0 Å². The Morgan fingerprint density at radius 3 is 2.59 bits per heavy atom. The van der Waals surface area contributed by atoms with Crippen molar-refractivity contribution in [2.24, 2.45) is 0 Å². The van der Waals surface area contributed by atoms with E-state index in [4.69, 9.17) is 9.15 Å². The van der Waals surface area contributed by atoms with Crippen molar-refractivity contribution in [3.8, 4) is 17.1 Å². The first-order valence-corrected chi connectivity index (χ1v) is 6.82. The van der Waals surface area contributed by atoms with Gasteiger partial charge in [-0.05, 0) is 25.1 Å². The molecular weight excluding hydrogens is 280 g/mol. The zero-order valence-electron chi connectivity index (χ0n) is 12.3. The van der Waals surface area contributed by atoms with Crippen LogP contribution >= 0.6 is 0 Å². The van der Waals surface area contributed by atoms with Crippen LogP contribution in [0, 0.1) is 0 Å². The minimum Gasteiger partial charge on any atom is -0.497 e. The summed E-state index contributed by atoms with van der Waals surface area (Å²) >= 11 is 0. The van der Waals surface area contributed by atoms with Crippen LogP contribution < -0.4 is 10.2 Å². The van der Waals surface area contributed by atoms with Gasteiger partial charge >= 0.3 is 0 Å². The highest BCUT2D eigenvalue weighted by molar-refractivity contribution is 6.00. The Balaban J connectivity index is 2.26. The maximum absolute atomic E-state index is 12.3. The van der Waals surface area contributed by atoms with E-state index in [-0.39, 0.29) is 11.2 Å². The first-order valence-electron chi connectivity index (χ1n) is 6.82. The lowest BCUT2D eigenvalue weighted by molar-refractivity contribution is 0.101. The number of Topliss-reactive ketones (excluding diaryl/α,β-unsaturated/α-hetero) is 1. The van der Waals surface area contributed by atoms with Crippen molar-refractivity contribution in [1.29, 1.82) is 0 Å². The van der Waals surface area contributed by atoms with Crippen molar-refractivity contribution < 1.29 is 13.9 Å². The molecule has 0 unspecified atom stereocenters. The molecule has 0 atom stereocenters. The summed E-state index contributed by atoms with van der Waals surface area (Å²) in [7, 11) is 1.54. The summed E-state index contributed by atoms with van der Waals surface area (Å²) in [4.78, 5) is 24.1. The summed E-state index contributed by atoms with van der Waals surface area (Å²) in [5, 5.41) is 0.448. The second-order valence-corrected chi connectivity index (χ2v) is 4.94. The quantitative estimate of drug-likeness (QED) is 0.692. The van der Waals surface area contributed by atoms with E-state index >= 15 is 0 Å². The molecule has 22 heavy (non-hydrogen) atoms. The molecule has 0 saturated heterocycles. The van der Waals surface area contributed by atoms with Gasteiger partial charge in [-0.3, -0.25) is 9.59 Å². The maximum atomic E-state index is 12.3. The molecule has 3 rings (SSSR count). The second kappa shape index (κ2) is 5.48. The van der Waals surface area contributed by atoms with E-state index in [1.165, 1.54) is 13.0 Å². The average Bonchev–Trinajstić information content (AvgIpc) is 2.54. The summed E-state index contributed by atoms with van der Waals surface area (Å²) < 4.78 is 10.9. The third kappa shape index (κ3) is 2.39. The minimum atomic E-state index is -0.173. The highest BCUT2D eigenvalue weighted by atomic mass is 16.5. The summed E-state index contributed by atoms with van der Waals surface area (Å²) in [5.74, 6) is 0.901. The first kappa shape index (κ1) is 14.1. The van der Waals surface area contributed by atoms with Gasteiger partial charge in [0, 0.05) is 17.2 Å². The molecule has 0 amide bonds. The topological polar surface area (TPSA) is 56.5 Å². The van der Waals surface area contributed by atoms with Crippen LogP contribution in [0.25, 0.3) is 22.3 Å². The number of carbonyl (C=O) groups is 1.